The topological polar surface area (TPSA) is 71.1 Å². The minimum absolute atomic E-state index is 0.359. The minimum atomic E-state index is 0.359. The number of hydrogen-bond donors (Lipinski definition) is 1. The predicted octanol–water partition coefficient (Wildman–Crippen LogP) is 4.61. The molecule has 28 heavy (non-hydrogen) atoms. The number of oxime groups is 1. The average molecular weight is 377 g/mol. The number of aromatic nitrogens is 1. The van der Waals surface area contributed by atoms with E-state index in [1.807, 2.05) is 31.3 Å². The van der Waals surface area contributed by atoms with Gasteiger partial charge in [-0.25, -0.2) is 4.98 Å². The molecule has 0 amide bonds. The Bertz CT molecular complexity index is 967. The summed E-state index contributed by atoms with van der Waals surface area (Å²) in [4.78, 5) is 6.16. The number of nitrogens with zero attached hydrogens (tertiary/aromatic N) is 3. The van der Waals surface area contributed by atoms with Crippen LogP contribution in [0.5, 0.6) is 11.6 Å². The summed E-state index contributed by atoms with van der Waals surface area (Å²) in [5.41, 5.74) is 3.35. The number of fused-ring (bicyclic) bond motifs is 1. The largest absolute Gasteiger partial charge is 0.467 e. The van der Waals surface area contributed by atoms with E-state index < -0.39 is 0 Å². The lowest BCUT2D eigenvalue weighted by Gasteiger charge is -2.21. The highest BCUT2D eigenvalue weighted by Crippen LogP contribution is 2.29. The second-order valence-corrected chi connectivity index (χ2v) is 6.95. The molecule has 0 unspecified atom stereocenters. The van der Waals surface area contributed by atoms with Gasteiger partial charge in [0.25, 0.3) is 0 Å². The van der Waals surface area contributed by atoms with E-state index in [9.17, 15) is 5.21 Å². The maximum absolute atomic E-state index is 9.66. The number of ether oxygens (including phenoxy) is 1. The van der Waals surface area contributed by atoms with Crippen LogP contribution < -0.4 is 4.74 Å². The fraction of sp³-hybridized carbons (Fsp3) is 0.273. The summed E-state index contributed by atoms with van der Waals surface area (Å²) in [6, 6.07) is 13.5. The number of benzene rings is 1. The summed E-state index contributed by atoms with van der Waals surface area (Å²) >= 11 is 0. The van der Waals surface area contributed by atoms with E-state index in [1.54, 1.807) is 23.4 Å². The number of pyridine rings is 1. The van der Waals surface area contributed by atoms with Crippen LogP contribution in [0, 0.1) is 0 Å². The molecular weight excluding hydrogens is 354 g/mol. The van der Waals surface area contributed by atoms with Crippen molar-refractivity contribution in [1.82, 2.24) is 9.88 Å². The van der Waals surface area contributed by atoms with Gasteiger partial charge in [0.05, 0.1) is 18.4 Å². The van der Waals surface area contributed by atoms with Crippen LogP contribution in [0.3, 0.4) is 0 Å². The molecule has 1 aliphatic carbocycles. The van der Waals surface area contributed by atoms with Crippen molar-refractivity contribution in [2.45, 2.75) is 32.2 Å². The summed E-state index contributed by atoms with van der Waals surface area (Å²) in [5, 5.41) is 13.2. The first-order valence-corrected chi connectivity index (χ1v) is 9.45. The van der Waals surface area contributed by atoms with Crippen LogP contribution in [0.4, 0.5) is 0 Å². The molecule has 0 bridgehead atoms. The average Bonchev–Trinajstić information content (AvgIpc) is 3.23. The molecule has 3 aromatic rings. The van der Waals surface area contributed by atoms with Crippen LogP contribution in [-0.2, 0) is 19.4 Å². The summed E-state index contributed by atoms with van der Waals surface area (Å²) in [6.07, 6.45) is 7.95. The van der Waals surface area contributed by atoms with E-state index in [4.69, 9.17) is 9.15 Å². The number of aryl methyl sites for hydroxylation is 2. The van der Waals surface area contributed by atoms with Crippen LogP contribution in [0.1, 0.15) is 35.3 Å². The van der Waals surface area contributed by atoms with Crippen LogP contribution in [0.2, 0.25) is 0 Å². The molecule has 1 aliphatic rings. The SMILES string of the molecule is CN(Cc1ccco1)/C(=N\O)c1cccnc1Oc1ccc2c(c1)CCCC2. The van der Waals surface area contributed by atoms with Crippen molar-refractivity contribution in [3.63, 3.8) is 0 Å². The molecule has 2 aromatic heterocycles. The molecule has 1 aromatic carbocycles. The van der Waals surface area contributed by atoms with Crippen molar-refractivity contribution in [3.8, 4) is 11.6 Å². The summed E-state index contributed by atoms with van der Waals surface area (Å²) in [7, 11) is 1.83. The second kappa shape index (κ2) is 8.17. The summed E-state index contributed by atoms with van der Waals surface area (Å²) in [6.45, 7) is 0.458. The molecule has 144 valence electrons. The van der Waals surface area contributed by atoms with Gasteiger partial charge in [0.1, 0.15) is 11.5 Å². The molecule has 0 saturated carbocycles. The standard InChI is InChI=1S/C22H23N3O3/c1-25(15-19-8-5-13-27-19)21(24-26)20-9-4-12-23-22(20)28-18-11-10-16-6-2-3-7-17(16)14-18/h4-5,8-14,26H,2-3,6-7,15H2,1H3/b24-21-. The Balaban J connectivity index is 1.59. The van der Waals surface area contributed by atoms with Gasteiger partial charge in [-0.3, -0.25) is 0 Å². The first-order chi connectivity index (χ1) is 13.7. The van der Waals surface area contributed by atoms with E-state index in [1.165, 1.54) is 24.0 Å². The van der Waals surface area contributed by atoms with Crippen LogP contribution in [-0.4, -0.2) is 28.0 Å². The fourth-order valence-corrected chi connectivity index (χ4v) is 3.57. The smallest absolute Gasteiger partial charge is 0.230 e. The lowest BCUT2D eigenvalue weighted by atomic mass is 9.92. The van der Waals surface area contributed by atoms with Crippen LogP contribution in [0.15, 0.2) is 64.5 Å². The van der Waals surface area contributed by atoms with E-state index in [0.29, 0.717) is 23.8 Å². The summed E-state index contributed by atoms with van der Waals surface area (Å²) < 4.78 is 11.5. The van der Waals surface area contributed by atoms with Gasteiger partial charge in [0, 0.05) is 13.2 Å². The van der Waals surface area contributed by atoms with Gasteiger partial charge < -0.3 is 19.3 Å². The first-order valence-electron chi connectivity index (χ1n) is 9.45. The van der Waals surface area contributed by atoms with Crippen LogP contribution >= 0.6 is 0 Å². The normalized spacial score (nSPS) is 13.8. The third-order valence-corrected chi connectivity index (χ3v) is 4.98. The Morgan fingerprint density at radius 3 is 2.82 bits per heavy atom. The van der Waals surface area contributed by atoms with Crippen molar-refractivity contribution < 1.29 is 14.4 Å². The van der Waals surface area contributed by atoms with Crippen molar-refractivity contribution in [2.24, 2.45) is 5.16 Å². The molecule has 0 atom stereocenters. The third kappa shape index (κ3) is 3.86. The molecule has 6 heteroatoms. The maximum Gasteiger partial charge on any atom is 0.230 e. The van der Waals surface area contributed by atoms with E-state index in [-0.39, 0.29) is 0 Å². The molecule has 0 spiro atoms. The third-order valence-electron chi connectivity index (χ3n) is 4.98. The first kappa shape index (κ1) is 18.1. The Morgan fingerprint density at radius 1 is 1.18 bits per heavy atom. The summed E-state index contributed by atoms with van der Waals surface area (Å²) in [5.74, 6) is 2.27. The Hall–Kier alpha value is -3.28. The van der Waals surface area contributed by atoms with Gasteiger partial charge in [-0.1, -0.05) is 11.2 Å². The molecular formula is C22H23N3O3. The van der Waals surface area contributed by atoms with Gasteiger partial charge in [-0.15, -0.1) is 0 Å². The number of furan rings is 1. The van der Waals surface area contributed by atoms with Gasteiger partial charge in [0.15, 0.2) is 5.84 Å². The zero-order valence-electron chi connectivity index (χ0n) is 15.8. The molecule has 0 aliphatic heterocycles. The zero-order chi connectivity index (χ0) is 19.3. The molecule has 0 radical (unpaired) electrons. The molecule has 1 N–H and O–H groups in total. The molecule has 0 saturated heterocycles. The van der Waals surface area contributed by atoms with E-state index in [0.717, 1.165) is 24.4 Å². The number of amidine groups is 1. The van der Waals surface area contributed by atoms with E-state index in [2.05, 4.69) is 22.3 Å². The van der Waals surface area contributed by atoms with Crippen molar-refractivity contribution in [1.29, 1.82) is 0 Å². The number of rotatable bonds is 5. The Morgan fingerprint density at radius 2 is 2.04 bits per heavy atom. The second-order valence-electron chi connectivity index (χ2n) is 6.95. The Labute approximate surface area is 164 Å². The zero-order valence-corrected chi connectivity index (χ0v) is 15.8. The fourth-order valence-electron chi connectivity index (χ4n) is 3.57. The molecule has 2 heterocycles. The van der Waals surface area contributed by atoms with Gasteiger partial charge >= 0.3 is 0 Å². The quantitative estimate of drug-likeness (QED) is 0.304. The highest BCUT2D eigenvalue weighted by atomic mass is 16.5. The highest BCUT2D eigenvalue weighted by molar-refractivity contribution is 6.00. The maximum atomic E-state index is 9.66. The van der Waals surface area contributed by atoms with Crippen molar-refractivity contribution in [2.75, 3.05) is 7.05 Å². The number of hydrogen-bond acceptors (Lipinski definition) is 5. The predicted molar refractivity (Wildman–Crippen MR) is 106 cm³/mol. The van der Waals surface area contributed by atoms with E-state index >= 15 is 0 Å². The highest BCUT2D eigenvalue weighted by Gasteiger charge is 2.19. The molecule has 0 fully saturated rings. The molecule has 6 nitrogen and oxygen atoms in total. The lowest BCUT2D eigenvalue weighted by molar-refractivity contribution is 0.302. The van der Waals surface area contributed by atoms with Gasteiger partial charge in [-0.2, -0.15) is 0 Å². The Kier molecular flexibility index (Phi) is 5.28. The van der Waals surface area contributed by atoms with Crippen LogP contribution in [0.25, 0.3) is 0 Å². The van der Waals surface area contributed by atoms with Crippen molar-refractivity contribution in [3.05, 3.63) is 77.4 Å². The molecule has 4 rings (SSSR count). The van der Waals surface area contributed by atoms with Gasteiger partial charge in [-0.05, 0) is 73.2 Å². The monoisotopic (exact) mass is 377 g/mol. The minimum Gasteiger partial charge on any atom is -0.467 e. The lowest BCUT2D eigenvalue weighted by Crippen LogP contribution is -2.27. The van der Waals surface area contributed by atoms with Crippen molar-refractivity contribution >= 4 is 5.84 Å². The van der Waals surface area contributed by atoms with Gasteiger partial charge in [0.2, 0.25) is 5.88 Å².